The molecule has 1 aromatic heterocycles. The number of aromatic nitrogens is 2. The molecule has 9 heteroatoms. The van der Waals surface area contributed by atoms with Crippen molar-refractivity contribution in [2.24, 2.45) is 0 Å². The molecule has 0 aliphatic carbocycles. The van der Waals surface area contributed by atoms with Gasteiger partial charge in [0.15, 0.2) is 5.69 Å². The van der Waals surface area contributed by atoms with Crippen LogP contribution in [0.25, 0.3) is 5.69 Å². The van der Waals surface area contributed by atoms with Gasteiger partial charge < -0.3 is 9.64 Å². The number of carbonyl (C=O) groups excluding carboxylic acids is 1. The minimum Gasteiger partial charge on any atom is -0.378 e. The van der Waals surface area contributed by atoms with E-state index < -0.39 is 28.8 Å². The summed E-state index contributed by atoms with van der Waals surface area (Å²) in [5.41, 5.74) is -1.98. The quantitative estimate of drug-likeness (QED) is 0.815. The largest absolute Gasteiger partial charge is 0.418 e. The molecule has 0 bridgehead atoms. The maximum absolute atomic E-state index is 13.3. The second-order valence-corrected chi connectivity index (χ2v) is 5.83. The highest BCUT2D eigenvalue weighted by molar-refractivity contribution is 5.92. The molecule has 2 aromatic rings. The van der Waals surface area contributed by atoms with E-state index >= 15 is 0 Å². The van der Waals surface area contributed by atoms with Crippen molar-refractivity contribution in [2.45, 2.75) is 13.1 Å². The van der Waals surface area contributed by atoms with E-state index in [0.717, 1.165) is 16.8 Å². The van der Waals surface area contributed by atoms with Crippen LogP contribution >= 0.6 is 0 Å². The van der Waals surface area contributed by atoms with Crippen LogP contribution in [0.15, 0.2) is 35.1 Å². The van der Waals surface area contributed by atoms with E-state index in [4.69, 9.17) is 4.74 Å². The van der Waals surface area contributed by atoms with E-state index in [1.54, 1.807) is 0 Å². The van der Waals surface area contributed by atoms with E-state index in [0.29, 0.717) is 26.3 Å². The molecule has 1 amide bonds. The number of nitrogens with zero attached hydrogens (tertiary/aromatic N) is 3. The number of benzene rings is 1. The Labute approximate surface area is 146 Å². The molecule has 138 valence electrons. The second-order valence-electron chi connectivity index (χ2n) is 5.83. The van der Waals surface area contributed by atoms with E-state index in [1.807, 2.05) is 0 Å². The van der Waals surface area contributed by atoms with Crippen LogP contribution in [0.2, 0.25) is 0 Å². The van der Waals surface area contributed by atoms with Crippen LogP contribution < -0.4 is 5.43 Å². The number of alkyl halides is 3. The van der Waals surface area contributed by atoms with Gasteiger partial charge in [-0.1, -0.05) is 12.1 Å². The third-order valence-corrected chi connectivity index (χ3v) is 4.05. The van der Waals surface area contributed by atoms with Gasteiger partial charge in [0.25, 0.3) is 5.91 Å². The molecule has 1 fully saturated rings. The zero-order chi connectivity index (χ0) is 18.9. The molecular formula is C17H16F3N3O3. The standard InChI is InChI=1S/C17H16F3N3O3/c1-11-10-14(24)15(16(25)22-6-8-26-9-7-22)21-23(11)13-5-3-2-4-12(13)17(18,19)20/h2-5,10H,6-9H2,1H3. The summed E-state index contributed by atoms with van der Waals surface area (Å²) in [6.45, 7) is 2.73. The lowest BCUT2D eigenvalue weighted by Gasteiger charge is -2.26. The second kappa shape index (κ2) is 6.91. The fourth-order valence-electron chi connectivity index (χ4n) is 2.75. The van der Waals surface area contributed by atoms with Gasteiger partial charge in [-0.05, 0) is 19.1 Å². The van der Waals surface area contributed by atoms with E-state index in [-0.39, 0.29) is 11.4 Å². The zero-order valence-electron chi connectivity index (χ0n) is 13.9. The summed E-state index contributed by atoms with van der Waals surface area (Å²) in [6, 6.07) is 6.00. The van der Waals surface area contributed by atoms with Gasteiger partial charge in [0.05, 0.1) is 24.5 Å². The molecule has 0 spiro atoms. The molecule has 6 nitrogen and oxygen atoms in total. The Morgan fingerprint density at radius 3 is 2.50 bits per heavy atom. The van der Waals surface area contributed by atoms with Crippen LogP contribution in [-0.4, -0.2) is 46.9 Å². The first-order valence-electron chi connectivity index (χ1n) is 7.93. The highest BCUT2D eigenvalue weighted by atomic mass is 19.4. The molecule has 1 aliphatic heterocycles. The summed E-state index contributed by atoms with van der Waals surface area (Å²) in [4.78, 5) is 26.2. The number of para-hydroxylation sites is 1. The van der Waals surface area contributed by atoms with Crippen molar-refractivity contribution >= 4 is 5.91 Å². The lowest BCUT2D eigenvalue weighted by Crippen LogP contribution is -2.43. The predicted octanol–water partition coefficient (Wildman–Crippen LogP) is 2.03. The number of carbonyl (C=O) groups is 1. The molecule has 0 radical (unpaired) electrons. The maximum Gasteiger partial charge on any atom is 0.418 e. The van der Waals surface area contributed by atoms with Gasteiger partial charge >= 0.3 is 6.18 Å². The van der Waals surface area contributed by atoms with Crippen LogP contribution in [0.4, 0.5) is 13.2 Å². The Morgan fingerprint density at radius 1 is 1.19 bits per heavy atom. The molecule has 1 saturated heterocycles. The Hall–Kier alpha value is -2.68. The van der Waals surface area contributed by atoms with Crippen LogP contribution in [0.3, 0.4) is 0 Å². The predicted molar refractivity (Wildman–Crippen MR) is 86.3 cm³/mol. The van der Waals surface area contributed by atoms with Crippen LogP contribution in [-0.2, 0) is 10.9 Å². The number of morpholine rings is 1. The highest BCUT2D eigenvalue weighted by Crippen LogP contribution is 2.33. The summed E-state index contributed by atoms with van der Waals surface area (Å²) in [7, 11) is 0. The number of ether oxygens (including phenoxy) is 1. The Balaban J connectivity index is 2.10. The third kappa shape index (κ3) is 3.48. The zero-order valence-corrected chi connectivity index (χ0v) is 13.9. The number of aryl methyl sites for hydroxylation is 1. The Kier molecular flexibility index (Phi) is 4.82. The number of halogens is 3. The number of hydrogen-bond donors (Lipinski definition) is 0. The van der Waals surface area contributed by atoms with Gasteiger partial charge in [-0.25, -0.2) is 4.68 Å². The SMILES string of the molecule is Cc1cc(=O)c(C(=O)N2CCOCC2)nn1-c1ccccc1C(F)(F)F. The van der Waals surface area contributed by atoms with Crippen molar-refractivity contribution in [2.75, 3.05) is 26.3 Å². The van der Waals surface area contributed by atoms with Gasteiger partial charge in [-0.3, -0.25) is 9.59 Å². The Morgan fingerprint density at radius 2 is 1.85 bits per heavy atom. The molecule has 0 atom stereocenters. The van der Waals surface area contributed by atoms with Crippen molar-refractivity contribution in [3.05, 3.63) is 57.5 Å². The first-order chi connectivity index (χ1) is 12.3. The molecule has 0 unspecified atom stereocenters. The minimum absolute atomic E-state index is 0.199. The Bertz CT molecular complexity index is 887. The number of hydrogen-bond acceptors (Lipinski definition) is 4. The minimum atomic E-state index is -4.60. The molecule has 0 N–H and O–H groups in total. The van der Waals surface area contributed by atoms with Gasteiger partial charge in [0.2, 0.25) is 5.43 Å². The van der Waals surface area contributed by atoms with Gasteiger partial charge in [-0.2, -0.15) is 18.3 Å². The third-order valence-electron chi connectivity index (χ3n) is 4.05. The summed E-state index contributed by atoms with van der Waals surface area (Å²) < 4.78 is 46.1. The first-order valence-corrected chi connectivity index (χ1v) is 7.93. The van der Waals surface area contributed by atoms with Gasteiger partial charge in [0, 0.05) is 24.8 Å². The van der Waals surface area contributed by atoms with E-state index in [2.05, 4.69) is 5.10 Å². The lowest BCUT2D eigenvalue weighted by molar-refractivity contribution is -0.137. The normalized spacial score (nSPS) is 15.2. The highest BCUT2D eigenvalue weighted by Gasteiger charge is 2.34. The van der Waals surface area contributed by atoms with Crippen LogP contribution in [0, 0.1) is 6.92 Å². The molecule has 3 rings (SSSR count). The maximum atomic E-state index is 13.3. The summed E-state index contributed by atoms with van der Waals surface area (Å²) in [5, 5.41) is 3.96. The fourth-order valence-corrected chi connectivity index (χ4v) is 2.75. The summed E-state index contributed by atoms with van der Waals surface area (Å²) >= 11 is 0. The molecule has 1 aliphatic rings. The van der Waals surface area contributed by atoms with Crippen molar-refractivity contribution in [1.29, 1.82) is 0 Å². The van der Waals surface area contributed by atoms with Crippen molar-refractivity contribution in [3.8, 4) is 5.69 Å². The van der Waals surface area contributed by atoms with Gasteiger partial charge in [-0.15, -0.1) is 0 Å². The summed E-state index contributed by atoms with van der Waals surface area (Å²) in [5.74, 6) is -0.614. The van der Waals surface area contributed by atoms with E-state index in [1.165, 1.54) is 30.0 Å². The lowest BCUT2D eigenvalue weighted by atomic mass is 10.1. The van der Waals surface area contributed by atoms with Crippen LogP contribution in [0.1, 0.15) is 21.7 Å². The molecule has 1 aromatic carbocycles. The monoisotopic (exact) mass is 367 g/mol. The average Bonchev–Trinajstić information content (AvgIpc) is 2.61. The fraction of sp³-hybridized carbons (Fsp3) is 0.353. The van der Waals surface area contributed by atoms with Crippen molar-refractivity contribution in [1.82, 2.24) is 14.7 Å². The van der Waals surface area contributed by atoms with E-state index in [9.17, 15) is 22.8 Å². The summed E-state index contributed by atoms with van der Waals surface area (Å²) in [6.07, 6.45) is -4.60. The molecular weight excluding hydrogens is 351 g/mol. The van der Waals surface area contributed by atoms with Crippen LogP contribution in [0.5, 0.6) is 0 Å². The van der Waals surface area contributed by atoms with Crippen molar-refractivity contribution in [3.63, 3.8) is 0 Å². The first kappa shape index (κ1) is 18.1. The topological polar surface area (TPSA) is 64.4 Å². The molecule has 0 saturated carbocycles. The number of rotatable bonds is 2. The molecule has 26 heavy (non-hydrogen) atoms. The average molecular weight is 367 g/mol. The smallest absolute Gasteiger partial charge is 0.378 e. The van der Waals surface area contributed by atoms with Gasteiger partial charge in [0.1, 0.15) is 0 Å². The molecule has 2 heterocycles. The number of amides is 1. The van der Waals surface area contributed by atoms with Crippen molar-refractivity contribution < 1.29 is 22.7 Å².